The Bertz CT molecular complexity index is 411. The van der Waals surface area contributed by atoms with Gasteiger partial charge in [0.15, 0.2) is 0 Å². The number of carbonyl (C=O) groups excluding carboxylic acids is 1. The van der Waals surface area contributed by atoms with Crippen LogP contribution in [0.15, 0.2) is 24.8 Å². The Morgan fingerprint density at radius 2 is 2.00 bits per heavy atom. The molecule has 0 fully saturated rings. The second-order valence-electron chi connectivity index (χ2n) is 4.80. The van der Waals surface area contributed by atoms with Crippen LogP contribution in [0.3, 0.4) is 0 Å². The lowest BCUT2D eigenvalue weighted by Crippen LogP contribution is -2.24. The Hall–Kier alpha value is -1.57. The molecule has 1 rings (SSSR count). The molecular weight excluding hydrogens is 200 g/mol. The maximum Gasteiger partial charge on any atom is 0.339 e. The molecule has 0 spiro atoms. The number of hydrogen-bond donors (Lipinski definition) is 0. The molecular formula is C14H18O2. The fourth-order valence-electron chi connectivity index (χ4n) is 1.37. The molecule has 1 aromatic carbocycles. The molecule has 0 aliphatic heterocycles. The van der Waals surface area contributed by atoms with E-state index in [-0.39, 0.29) is 5.97 Å². The van der Waals surface area contributed by atoms with Gasteiger partial charge in [0.05, 0.1) is 5.56 Å². The molecule has 2 heteroatoms. The SMILES string of the molecule is C=Cc1cc(C)ccc1C(=O)OC(C)(C)C. The van der Waals surface area contributed by atoms with Crippen molar-refractivity contribution >= 4 is 12.0 Å². The van der Waals surface area contributed by atoms with Gasteiger partial charge in [0.2, 0.25) is 0 Å². The highest BCUT2D eigenvalue weighted by atomic mass is 16.6. The Morgan fingerprint density at radius 3 is 2.50 bits per heavy atom. The van der Waals surface area contributed by atoms with Crippen LogP contribution >= 0.6 is 0 Å². The van der Waals surface area contributed by atoms with Crippen LogP contribution in [-0.2, 0) is 4.74 Å². The van der Waals surface area contributed by atoms with Crippen molar-refractivity contribution in [2.45, 2.75) is 33.3 Å². The van der Waals surface area contributed by atoms with Crippen LogP contribution in [0.2, 0.25) is 0 Å². The van der Waals surface area contributed by atoms with Crippen LogP contribution in [0.5, 0.6) is 0 Å². The van der Waals surface area contributed by atoms with Crippen molar-refractivity contribution < 1.29 is 9.53 Å². The molecule has 0 radical (unpaired) electrons. The minimum Gasteiger partial charge on any atom is -0.456 e. The summed E-state index contributed by atoms with van der Waals surface area (Å²) < 4.78 is 5.32. The van der Waals surface area contributed by atoms with Crippen LogP contribution in [0.25, 0.3) is 6.08 Å². The lowest BCUT2D eigenvalue weighted by atomic mass is 10.0. The molecule has 0 bridgehead atoms. The maximum absolute atomic E-state index is 11.9. The van der Waals surface area contributed by atoms with E-state index in [2.05, 4.69) is 6.58 Å². The summed E-state index contributed by atoms with van der Waals surface area (Å²) >= 11 is 0. The summed E-state index contributed by atoms with van der Waals surface area (Å²) in [6.07, 6.45) is 1.67. The Labute approximate surface area is 96.9 Å². The van der Waals surface area contributed by atoms with Gasteiger partial charge >= 0.3 is 5.97 Å². The van der Waals surface area contributed by atoms with E-state index in [1.807, 2.05) is 39.8 Å². The number of aryl methyl sites for hydroxylation is 1. The van der Waals surface area contributed by atoms with Gasteiger partial charge < -0.3 is 4.74 Å². The molecule has 1 aromatic rings. The molecule has 0 aliphatic rings. The predicted octanol–water partition coefficient (Wildman–Crippen LogP) is 3.59. The predicted molar refractivity (Wildman–Crippen MR) is 66.4 cm³/mol. The largest absolute Gasteiger partial charge is 0.456 e. The number of benzene rings is 1. The van der Waals surface area contributed by atoms with Crippen molar-refractivity contribution in [2.75, 3.05) is 0 Å². The average Bonchev–Trinajstić information content (AvgIpc) is 2.14. The maximum atomic E-state index is 11.9. The van der Waals surface area contributed by atoms with Gasteiger partial charge in [0, 0.05) is 0 Å². The standard InChI is InChI=1S/C14H18O2/c1-6-11-9-10(2)7-8-12(11)13(15)16-14(3,4)5/h6-9H,1H2,2-5H3. The van der Waals surface area contributed by atoms with Crippen LogP contribution in [0, 0.1) is 6.92 Å². The molecule has 16 heavy (non-hydrogen) atoms. The molecule has 0 heterocycles. The lowest BCUT2D eigenvalue weighted by molar-refractivity contribution is 0.00693. The summed E-state index contributed by atoms with van der Waals surface area (Å²) in [5.41, 5.74) is 2.01. The van der Waals surface area contributed by atoms with Crippen molar-refractivity contribution in [3.05, 3.63) is 41.5 Å². The third-order valence-electron chi connectivity index (χ3n) is 2.05. The van der Waals surface area contributed by atoms with Crippen LogP contribution in [0.1, 0.15) is 42.3 Å². The normalized spacial score (nSPS) is 11.0. The van der Waals surface area contributed by atoms with Gasteiger partial charge in [-0.05, 0) is 39.3 Å². The fourth-order valence-corrected chi connectivity index (χ4v) is 1.37. The number of carbonyl (C=O) groups is 1. The minimum atomic E-state index is -0.472. The summed E-state index contributed by atoms with van der Waals surface area (Å²) in [5, 5.41) is 0. The van der Waals surface area contributed by atoms with E-state index < -0.39 is 5.60 Å². The van der Waals surface area contributed by atoms with E-state index in [1.54, 1.807) is 12.1 Å². The van der Waals surface area contributed by atoms with Gasteiger partial charge in [-0.3, -0.25) is 0 Å². The number of ether oxygens (including phenoxy) is 1. The van der Waals surface area contributed by atoms with E-state index in [0.717, 1.165) is 11.1 Å². The first-order valence-electron chi connectivity index (χ1n) is 5.30. The van der Waals surface area contributed by atoms with E-state index in [9.17, 15) is 4.79 Å². The highest BCUT2D eigenvalue weighted by Gasteiger charge is 2.19. The fraction of sp³-hybridized carbons (Fsp3) is 0.357. The number of esters is 1. The number of rotatable bonds is 2. The first kappa shape index (κ1) is 12.5. The number of hydrogen-bond acceptors (Lipinski definition) is 2. The van der Waals surface area contributed by atoms with Crippen molar-refractivity contribution in [1.82, 2.24) is 0 Å². The van der Waals surface area contributed by atoms with Gasteiger partial charge in [-0.1, -0.05) is 30.4 Å². The van der Waals surface area contributed by atoms with Gasteiger partial charge in [-0.15, -0.1) is 0 Å². The molecule has 0 saturated carbocycles. The Morgan fingerprint density at radius 1 is 1.38 bits per heavy atom. The van der Waals surface area contributed by atoms with Crippen LogP contribution in [0.4, 0.5) is 0 Å². The summed E-state index contributed by atoms with van der Waals surface area (Å²) in [6.45, 7) is 11.2. The molecule has 86 valence electrons. The molecule has 0 saturated heterocycles. The highest BCUT2D eigenvalue weighted by molar-refractivity contribution is 5.93. The first-order valence-corrected chi connectivity index (χ1v) is 5.30. The summed E-state index contributed by atoms with van der Waals surface area (Å²) in [5.74, 6) is -0.303. The van der Waals surface area contributed by atoms with E-state index in [0.29, 0.717) is 5.56 Å². The first-order chi connectivity index (χ1) is 7.33. The van der Waals surface area contributed by atoms with Gasteiger partial charge in [0.25, 0.3) is 0 Å². The quantitative estimate of drug-likeness (QED) is 0.709. The van der Waals surface area contributed by atoms with Crippen molar-refractivity contribution in [2.24, 2.45) is 0 Å². The molecule has 2 nitrogen and oxygen atoms in total. The second-order valence-corrected chi connectivity index (χ2v) is 4.80. The van der Waals surface area contributed by atoms with E-state index in [1.165, 1.54) is 0 Å². The molecule has 0 unspecified atom stereocenters. The van der Waals surface area contributed by atoms with Gasteiger partial charge in [-0.25, -0.2) is 4.79 Å². The second kappa shape index (κ2) is 4.52. The molecule has 0 N–H and O–H groups in total. The molecule has 0 aromatic heterocycles. The Balaban J connectivity index is 3.04. The highest BCUT2D eigenvalue weighted by Crippen LogP contribution is 2.17. The topological polar surface area (TPSA) is 26.3 Å². The van der Waals surface area contributed by atoms with Gasteiger partial charge in [0.1, 0.15) is 5.60 Å². The Kier molecular flexibility index (Phi) is 3.53. The van der Waals surface area contributed by atoms with E-state index in [4.69, 9.17) is 4.74 Å². The van der Waals surface area contributed by atoms with Crippen LogP contribution in [-0.4, -0.2) is 11.6 Å². The zero-order valence-electron chi connectivity index (χ0n) is 10.3. The van der Waals surface area contributed by atoms with Crippen molar-refractivity contribution in [3.63, 3.8) is 0 Å². The summed E-state index contributed by atoms with van der Waals surface area (Å²) in [6, 6.07) is 5.60. The average molecular weight is 218 g/mol. The third-order valence-corrected chi connectivity index (χ3v) is 2.05. The van der Waals surface area contributed by atoms with Crippen LogP contribution < -0.4 is 0 Å². The van der Waals surface area contributed by atoms with Crippen molar-refractivity contribution in [1.29, 1.82) is 0 Å². The molecule has 0 atom stereocenters. The zero-order chi connectivity index (χ0) is 12.3. The smallest absolute Gasteiger partial charge is 0.339 e. The summed E-state index contributed by atoms with van der Waals surface area (Å²) in [7, 11) is 0. The third kappa shape index (κ3) is 3.23. The van der Waals surface area contributed by atoms with Crippen molar-refractivity contribution in [3.8, 4) is 0 Å². The zero-order valence-corrected chi connectivity index (χ0v) is 10.3. The minimum absolute atomic E-state index is 0.303. The van der Waals surface area contributed by atoms with Gasteiger partial charge in [-0.2, -0.15) is 0 Å². The molecule has 0 amide bonds. The molecule has 0 aliphatic carbocycles. The summed E-state index contributed by atoms with van der Waals surface area (Å²) in [4.78, 5) is 11.9. The lowest BCUT2D eigenvalue weighted by Gasteiger charge is -2.20. The van der Waals surface area contributed by atoms with E-state index >= 15 is 0 Å². The monoisotopic (exact) mass is 218 g/mol.